The van der Waals surface area contributed by atoms with Crippen LogP contribution >= 0.6 is 11.6 Å². The monoisotopic (exact) mass is 570 g/mol. The second-order valence-corrected chi connectivity index (χ2v) is 11.0. The normalized spacial score (nSPS) is 21.3. The highest BCUT2D eigenvalue weighted by molar-refractivity contribution is 6.34. The summed E-state index contributed by atoms with van der Waals surface area (Å²) in [6.07, 6.45) is 2.29. The Hall–Kier alpha value is -3.34. The number of anilines is 1. The van der Waals surface area contributed by atoms with Crippen molar-refractivity contribution in [1.82, 2.24) is 14.7 Å². The van der Waals surface area contributed by atoms with Gasteiger partial charge in [0.15, 0.2) is 5.69 Å². The third kappa shape index (κ3) is 5.75. The number of aryl methyl sites for hydroxylation is 1. The number of benzene rings is 2. The minimum atomic E-state index is -2.60. The second-order valence-electron chi connectivity index (χ2n) is 10.5. The first-order chi connectivity index (χ1) is 19.2. The Balaban J connectivity index is 1.28. The lowest BCUT2D eigenvalue weighted by molar-refractivity contribution is -0.252. The number of hydrogen-bond donors (Lipinski definition) is 2. The number of ketones is 1. The van der Waals surface area contributed by atoms with Crippen LogP contribution in [0.15, 0.2) is 42.5 Å². The molecule has 5 rings (SSSR count). The number of aromatic nitrogens is 2. The van der Waals surface area contributed by atoms with E-state index in [2.05, 4.69) is 10.4 Å². The minimum Gasteiger partial charge on any atom is -0.481 e. The Morgan fingerprint density at radius 3 is 2.50 bits per heavy atom. The summed E-state index contributed by atoms with van der Waals surface area (Å²) in [4.78, 5) is 39.1. The number of carboxylic acids is 1. The molecule has 1 aromatic heterocycles. The fourth-order valence-corrected chi connectivity index (χ4v) is 5.85. The van der Waals surface area contributed by atoms with Crippen molar-refractivity contribution in [3.63, 3.8) is 0 Å². The number of halogens is 2. The highest BCUT2D eigenvalue weighted by Crippen LogP contribution is 2.35. The molecule has 2 heterocycles. The van der Waals surface area contributed by atoms with Gasteiger partial charge in [-0.25, -0.2) is 4.90 Å². The number of fused-ring (bicyclic) bond motifs is 1. The molecule has 3 aromatic rings. The molecule has 2 N–H and O–H groups in total. The van der Waals surface area contributed by atoms with E-state index in [1.807, 2.05) is 24.3 Å². The van der Waals surface area contributed by atoms with Crippen molar-refractivity contribution >= 4 is 45.9 Å². The molecular weight excluding hydrogens is 539 g/mol. The van der Waals surface area contributed by atoms with Crippen molar-refractivity contribution in [1.29, 1.82) is 0 Å². The molecule has 212 valence electrons. The van der Waals surface area contributed by atoms with E-state index in [-0.39, 0.29) is 17.1 Å². The zero-order chi connectivity index (χ0) is 28.4. The summed E-state index contributed by atoms with van der Waals surface area (Å²) in [5.41, 5.74) is 1.90. The molecule has 1 saturated carbocycles. The number of carbonyl (C=O) groups excluding carboxylic acids is 2. The van der Waals surface area contributed by atoms with E-state index in [4.69, 9.17) is 16.3 Å². The van der Waals surface area contributed by atoms with E-state index in [9.17, 15) is 19.5 Å². The average molecular weight is 571 g/mol. The van der Waals surface area contributed by atoms with Crippen LogP contribution in [-0.4, -0.2) is 62.6 Å². The molecule has 0 spiro atoms. The van der Waals surface area contributed by atoms with Gasteiger partial charge in [-0.05, 0) is 62.3 Å². The highest BCUT2D eigenvalue weighted by atomic mass is 35.5. The summed E-state index contributed by atoms with van der Waals surface area (Å²) >= 11 is 6.47. The molecular formula is C29H32ClFN4O5. The van der Waals surface area contributed by atoms with Gasteiger partial charge in [-0.2, -0.15) is 9.49 Å². The number of Topliss-reactive ketones (excluding diaryl/α,β-unsaturated/α-hetero) is 1. The molecule has 1 saturated heterocycles. The summed E-state index contributed by atoms with van der Waals surface area (Å²) in [5, 5.41) is 17.3. The lowest BCUT2D eigenvalue weighted by Gasteiger charge is -2.37. The SMILES string of the molecule is Cn1nc(C(=O)Nc2ccc(CC(=O)C(F)(O[C@H]3CC[C@H](C(=O)O)CC3)N3CCCC3)cc2Cl)c2ccccc21. The third-order valence-corrected chi connectivity index (χ3v) is 8.13. The van der Waals surface area contributed by atoms with Gasteiger partial charge in [0.05, 0.1) is 28.2 Å². The van der Waals surface area contributed by atoms with Crippen LogP contribution in [0.4, 0.5) is 10.1 Å². The van der Waals surface area contributed by atoms with Crippen molar-refractivity contribution in [3.8, 4) is 0 Å². The number of ether oxygens (including phenoxy) is 1. The fourth-order valence-electron chi connectivity index (χ4n) is 5.60. The molecule has 1 aliphatic heterocycles. The molecule has 2 fully saturated rings. The van der Waals surface area contributed by atoms with Crippen LogP contribution < -0.4 is 5.32 Å². The zero-order valence-electron chi connectivity index (χ0n) is 22.2. The smallest absolute Gasteiger partial charge is 0.330 e. The van der Waals surface area contributed by atoms with Crippen LogP contribution in [0.3, 0.4) is 0 Å². The fraction of sp³-hybridized carbons (Fsp3) is 0.448. The van der Waals surface area contributed by atoms with Gasteiger partial charge in [0.25, 0.3) is 5.91 Å². The quantitative estimate of drug-likeness (QED) is 0.349. The van der Waals surface area contributed by atoms with Crippen LogP contribution in [0.2, 0.25) is 5.02 Å². The van der Waals surface area contributed by atoms with Crippen LogP contribution in [0.25, 0.3) is 10.9 Å². The van der Waals surface area contributed by atoms with Crippen LogP contribution in [0, 0.1) is 5.92 Å². The Labute approximate surface area is 236 Å². The van der Waals surface area contributed by atoms with Gasteiger partial charge in [-0.3, -0.25) is 19.1 Å². The topological polar surface area (TPSA) is 114 Å². The standard InChI is InChI=1S/C29H32ClFN4O5/c1-34-24-7-3-2-6-21(24)26(33-34)27(37)32-23-13-8-18(16-22(23)30)17-25(36)29(31,35-14-4-5-15-35)40-20-11-9-19(10-12-20)28(38)39/h2-3,6-8,13,16,19-20H,4-5,9-12,14-15,17H2,1H3,(H,32,37)(H,38,39)/t19-,20-,29?. The van der Waals surface area contributed by atoms with E-state index in [0.717, 1.165) is 18.4 Å². The van der Waals surface area contributed by atoms with Gasteiger partial charge in [-0.15, -0.1) is 0 Å². The zero-order valence-corrected chi connectivity index (χ0v) is 23.0. The number of carboxylic acid groups (broad SMARTS) is 1. The molecule has 2 aromatic carbocycles. The van der Waals surface area contributed by atoms with E-state index < -0.39 is 35.7 Å². The number of amides is 1. The second kappa shape index (κ2) is 11.6. The number of hydrogen-bond acceptors (Lipinski definition) is 6. The van der Waals surface area contributed by atoms with Crippen LogP contribution in [-0.2, 0) is 27.8 Å². The predicted molar refractivity (Wildman–Crippen MR) is 148 cm³/mol. The maximum Gasteiger partial charge on any atom is 0.330 e. The lowest BCUT2D eigenvalue weighted by atomic mass is 9.87. The Kier molecular flexibility index (Phi) is 8.21. The van der Waals surface area contributed by atoms with Gasteiger partial charge in [0.2, 0.25) is 5.78 Å². The largest absolute Gasteiger partial charge is 0.481 e. The predicted octanol–water partition coefficient (Wildman–Crippen LogP) is 4.97. The number of nitrogens with one attached hydrogen (secondary N) is 1. The number of likely N-dealkylation sites (tertiary alicyclic amines) is 1. The number of carbonyl (C=O) groups is 3. The Morgan fingerprint density at radius 1 is 1.12 bits per heavy atom. The summed E-state index contributed by atoms with van der Waals surface area (Å²) in [6.45, 7) is 0.807. The van der Waals surface area contributed by atoms with E-state index >= 15 is 4.39 Å². The molecule has 2 aliphatic rings. The maximum atomic E-state index is 16.4. The van der Waals surface area contributed by atoms with Gasteiger partial charge < -0.3 is 15.2 Å². The van der Waals surface area contributed by atoms with Crippen molar-refractivity contribution in [3.05, 3.63) is 58.7 Å². The average Bonchev–Trinajstić information content (AvgIpc) is 3.60. The van der Waals surface area contributed by atoms with E-state index in [1.165, 1.54) is 11.0 Å². The Bertz CT molecular complexity index is 1430. The summed E-state index contributed by atoms with van der Waals surface area (Å²) in [7, 11) is 1.76. The van der Waals surface area contributed by atoms with Crippen LogP contribution in [0.5, 0.6) is 0 Å². The van der Waals surface area contributed by atoms with Crippen molar-refractivity contribution in [2.45, 2.75) is 57.0 Å². The van der Waals surface area contributed by atoms with Crippen molar-refractivity contribution < 1.29 is 28.6 Å². The molecule has 1 atom stereocenters. The van der Waals surface area contributed by atoms with Gasteiger partial charge in [0, 0.05) is 31.9 Å². The van der Waals surface area contributed by atoms with Gasteiger partial charge >= 0.3 is 11.9 Å². The number of rotatable bonds is 9. The first kappa shape index (κ1) is 28.2. The lowest BCUT2D eigenvalue weighted by Crippen LogP contribution is -2.54. The highest BCUT2D eigenvalue weighted by Gasteiger charge is 2.48. The maximum absolute atomic E-state index is 16.4. The molecule has 11 heteroatoms. The number of aliphatic carboxylic acids is 1. The molecule has 0 radical (unpaired) electrons. The van der Waals surface area contributed by atoms with E-state index in [1.54, 1.807) is 23.9 Å². The summed E-state index contributed by atoms with van der Waals surface area (Å²) < 4.78 is 23.9. The Morgan fingerprint density at radius 2 is 1.82 bits per heavy atom. The number of para-hydroxylation sites is 1. The van der Waals surface area contributed by atoms with Gasteiger partial charge in [-0.1, -0.05) is 35.9 Å². The van der Waals surface area contributed by atoms with Crippen molar-refractivity contribution in [2.24, 2.45) is 13.0 Å². The molecule has 1 amide bonds. The summed E-state index contributed by atoms with van der Waals surface area (Å²) in [5.74, 6) is -5.08. The first-order valence-electron chi connectivity index (χ1n) is 13.5. The third-order valence-electron chi connectivity index (χ3n) is 7.82. The van der Waals surface area contributed by atoms with E-state index in [0.29, 0.717) is 55.4 Å². The first-order valence-corrected chi connectivity index (χ1v) is 13.9. The summed E-state index contributed by atoms with van der Waals surface area (Å²) in [6, 6.07) is 12.1. The minimum absolute atomic E-state index is 0.206. The van der Waals surface area contributed by atoms with Gasteiger partial charge in [0.1, 0.15) is 0 Å². The van der Waals surface area contributed by atoms with Crippen LogP contribution in [0.1, 0.15) is 54.6 Å². The molecule has 40 heavy (non-hydrogen) atoms. The molecule has 1 aliphatic carbocycles. The molecule has 1 unspecified atom stereocenters. The molecule has 9 nitrogen and oxygen atoms in total. The number of nitrogens with zero attached hydrogens (tertiary/aromatic N) is 3. The van der Waals surface area contributed by atoms with Crippen molar-refractivity contribution in [2.75, 3.05) is 18.4 Å². The number of alkyl halides is 1. The molecule has 0 bridgehead atoms.